The van der Waals surface area contributed by atoms with E-state index in [-0.39, 0.29) is 12.2 Å². The molecular formula is C9H19NO2. The number of nitrogens with zero attached hydrogens (tertiary/aromatic N) is 1. The zero-order chi connectivity index (χ0) is 8.97. The minimum Gasteiger partial charge on any atom is -0.391 e. The van der Waals surface area contributed by atoms with Gasteiger partial charge in [-0.2, -0.15) is 0 Å². The number of aliphatic hydroxyl groups excluding tert-OH is 1. The van der Waals surface area contributed by atoms with Crippen molar-refractivity contribution in [1.29, 1.82) is 0 Å². The van der Waals surface area contributed by atoms with E-state index >= 15 is 0 Å². The maximum absolute atomic E-state index is 9.31. The van der Waals surface area contributed by atoms with Crippen molar-refractivity contribution in [2.45, 2.75) is 32.5 Å². The highest BCUT2D eigenvalue weighted by Crippen LogP contribution is 2.08. The Bertz CT molecular complexity index is 126. The van der Waals surface area contributed by atoms with E-state index in [4.69, 9.17) is 4.74 Å². The standard InChI is InChI=1S/C9H19NO2/c1-3-4-10-5-6-12-9(7-10)8(2)11/h8-9,11H,3-7H2,1-2H3. The molecule has 2 atom stereocenters. The van der Waals surface area contributed by atoms with Crippen LogP contribution in [0.5, 0.6) is 0 Å². The van der Waals surface area contributed by atoms with Crippen molar-refractivity contribution in [2.75, 3.05) is 26.2 Å². The summed E-state index contributed by atoms with van der Waals surface area (Å²) in [5.41, 5.74) is 0. The molecule has 1 heterocycles. The molecule has 72 valence electrons. The van der Waals surface area contributed by atoms with Gasteiger partial charge in [0.15, 0.2) is 0 Å². The summed E-state index contributed by atoms with van der Waals surface area (Å²) in [7, 11) is 0. The molecule has 0 radical (unpaired) electrons. The van der Waals surface area contributed by atoms with Crippen LogP contribution in [-0.2, 0) is 4.74 Å². The van der Waals surface area contributed by atoms with Crippen molar-refractivity contribution in [3.63, 3.8) is 0 Å². The molecule has 2 unspecified atom stereocenters. The Labute approximate surface area is 74.3 Å². The van der Waals surface area contributed by atoms with Crippen LogP contribution >= 0.6 is 0 Å². The summed E-state index contributed by atoms with van der Waals surface area (Å²) in [5.74, 6) is 0. The fourth-order valence-electron chi connectivity index (χ4n) is 1.54. The summed E-state index contributed by atoms with van der Waals surface area (Å²) < 4.78 is 5.42. The molecule has 12 heavy (non-hydrogen) atoms. The molecule has 1 rings (SSSR count). The maximum atomic E-state index is 9.31. The molecule has 1 aliphatic rings. The van der Waals surface area contributed by atoms with E-state index in [1.165, 1.54) is 6.42 Å². The lowest BCUT2D eigenvalue weighted by Gasteiger charge is -2.33. The predicted octanol–water partition coefficient (Wildman–Crippen LogP) is 0.478. The lowest BCUT2D eigenvalue weighted by Crippen LogP contribution is -2.46. The van der Waals surface area contributed by atoms with Gasteiger partial charge in [-0.3, -0.25) is 4.90 Å². The van der Waals surface area contributed by atoms with E-state index in [0.29, 0.717) is 0 Å². The first-order chi connectivity index (χ1) is 5.74. The third-order valence-electron chi connectivity index (χ3n) is 2.26. The van der Waals surface area contributed by atoms with E-state index in [9.17, 15) is 5.11 Å². The zero-order valence-corrected chi connectivity index (χ0v) is 7.99. The van der Waals surface area contributed by atoms with Crippen molar-refractivity contribution in [3.8, 4) is 0 Å². The first kappa shape index (κ1) is 9.96. The Morgan fingerprint density at radius 3 is 3.00 bits per heavy atom. The van der Waals surface area contributed by atoms with Crippen LogP contribution in [0.3, 0.4) is 0 Å². The van der Waals surface area contributed by atoms with Crippen LogP contribution in [0.4, 0.5) is 0 Å². The van der Waals surface area contributed by atoms with Crippen LogP contribution in [-0.4, -0.2) is 48.5 Å². The molecular weight excluding hydrogens is 154 g/mol. The highest BCUT2D eigenvalue weighted by atomic mass is 16.5. The third kappa shape index (κ3) is 2.73. The minimum absolute atomic E-state index is 0.0188. The molecule has 0 amide bonds. The molecule has 3 nitrogen and oxygen atoms in total. The van der Waals surface area contributed by atoms with Crippen LogP contribution in [0.2, 0.25) is 0 Å². The number of morpholine rings is 1. The highest BCUT2D eigenvalue weighted by Gasteiger charge is 2.23. The van der Waals surface area contributed by atoms with Gasteiger partial charge in [0.05, 0.1) is 18.8 Å². The van der Waals surface area contributed by atoms with Gasteiger partial charge in [0, 0.05) is 13.1 Å². The number of aliphatic hydroxyl groups is 1. The predicted molar refractivity (Wildman–Crippen MR) is 48.2 cm³/mol. The van der Waals surface area contributed by atoms with Crippen LogP contribution in [0.15, 0.2) is 0 Å². The smallest absolute Gasteiger partial charge is 0.0958 e. The minimum atomic E-state index is -0.343. The normalized spacial score (nSPS) is 28.8. The van der Waals surface area contributed by atoms with E-state index in [1.807, 2.05) is 0 Å². The lowest BCUT2D eigenvalue weighted by molar-refractivity contribution is -0.0824. The summed E-state index contributed by atoms with van der Waals surface area (Å²) in [5, 5.41) is 9.31. The highest BCUT2D eigenvalue weighted by molar-refractivity contribution is 4.74. The molecule has 1 saturated heterocycles. The van der Waals surface area contributed by atoms with Gasteiger partial charge in [-0.05, 0) is 19.9 Å². The maximum Gasteiger partial charge on any atom is 0.0958 e. The Hall–Kier alpha value is -0.120. The Balaban J connectivity index is 2.30. The Morgan fingerprint density at radius 2 is 2.42 bits per heavy atom. The number of rotatable bonds is 3. The zero-order valence-electron chi connectivity index (χ0n) is 7.99. The fourth-order valence-corrected chi connectivity index (χ4v) is 1.54. The summed E-state index contributed by atoms with van der Waals surface area (Å²) in [4.78, 5) is 2.35. The van der Waals surface area contributed by atoms with Gasteiger partial charge in [-0.25, -0.2) is 0 Å². The lowest BCUT2D eigenvalue weighted by atomic mass is 10.2. The van der Waals surface area contributed by atoms with Gasteiger partial charge in [-0.15, -0.1) is 0 Å². The number of hydrogen-bond donors (Lipinski definition) is 1. The van der Waals surface area contributed by atoms with E-state index in [1.54, 1.807) is 6.92 Å². The first-order valence-corrected chi connectivity index (χ1v) is 4.76. The molecule has 0 aromatic carbocycles. The molecule has 1 aliphatic heterocycles. The number of ether oxygens (including phenoxy) is 1. The second kappa shape index (κ2) is 4.80. The molecule has 0 aromatic rings. The summed E-state index contributed by atoms with van der Waals surface area (Å²) in [6.45, 7) is 7.73. The average Bonchev–Trinajstić information content (AvgIpc) is 2.05. The molecule has 1 N–H and O–H groups in total. The van der Waals surface area contributed by atoms with Crippen LogP contribution in [0.1, 0.15) is 20.3 Å². The number of hydrogen-bond acceptors (Lipinski definition) is 3. The second-order valence-electron chi connectivity index (χ2n) is 3.45. The van der Waals surface area contributed by atoms with Crippen LogP contribution < -0.4 is 0 Å². The van der Waals surface area contributed by atoms with Gasteiger partial charge < -0.3 is 9.84 Å². The molecule has 0 spiro atoms. The van der Waals surface area contributed by atoms with Gasteiger partial charge in [0.25, 0.3) is 0 Å². The van der Waals surface area contributed by atoms with Crippen molar-refractivity contribution in [3.05, 3.63) is 0 Å². The average molecular weight is 173 g/mol. The van der Waals surface area contributed by atoms with Gasteiger partial charge in [0.1, 0.15) is 0 Å². The van der Waals surface area contributed by atoms with Crippen molar-refractivity contribution < 1.29 is 9.84 Å². The molecule has 0 aromatic heterocycles. The van der Waals surface area contributed by atoms with Crippen molar-refractivity contribution >= 4 is 0 Å². The topological polar surface area (TPSA) is 32.7 Å². The molecule has 0 bridgehead atoms. The summed E-state index contributed by atoms with van der Waals surface area (Å²) in [6, 6.07) is 0. The van der Waals surface area contributed by atoms with Crippen LogP contribution in [0.25, 0.3) is 0 Å². The largest absolute Gasteiger partial charge is 0.391 e. The van der Waals surface area contributed by atoms with Crippen molar-refractivity contribution in [2.24, 2.45) is 0 Å². The second-order valence-corrected chi connectivity index (χ2v) is 3.45. The molecule has 1 fully saturated rings. The van der Waals surface area contributed by atoms with E-state index in [2.05, 4.69) is 11.8 Å². The molecule has 0 aliphatic carbocycles. The van der Waals surface area contributed by atoms with Gasteiger partial charge in [0.2, 0.25) is 0 Å². The molecule has 0 saturated carbocycles. The SMILES string of the molecule is CCCN1CCOC(C(C)O)C1. The Morgan fingerprint density at radius 1 is 1.67 bits per heavy atom. The first-order valence-electron chi connectivity index (χ1n) is 4.76. The van der Waals surface area contributed by atoms with E-state index in [0.717, 1.165) is 26.2 Å². The monoisotopic (exact) mass is 173 g/mol. The fraction of sp³-hybridized carbons (Fsp3) is 1.00. The van der Waals surface area contributed by atoms with Crippen LogP contribution in [0, 0.1) is 0 Å². The Kier molecular flexibility index (Phi) is 3.98. The molecule has 3 heteroatoms. The summed E-state index contributed by atoms with van der Waals surface area (Å²) in [6.07, 6.45) is 0.849. The van der Waals surface area contributed by atoms with E-state index < -0.39 is 0 Å². The quantitative estimate of drug-likeness (QED) is 0.673. The van der Waals surface area contributed by atoms with Gasteiger partial charge >= 0.3 is 0 Å². The van der Waals surface area contributed by atoms with Gasteiger partial charge in [-0.1, -0.05) is 6.92 Å². The summed E-state index contributed by atoms with van der Waals surface area (Å²) >= 11 is 0. The van der Waals surface area contributed by atoms with Crippen molar-refractivity contribution in [1.82, 2.24) is 4.90 Å². The third-order valence-corrected chi connectivity index (χ3v) is 2.26.